The maximum atomic E-state index is 9.99. The van der Waals surface area contributed by atoms with Crippen LogP contribution in [0.5, 0.6) is 5.75 Å². The van der Waals surface area contributed by atoms with Gasteiger partial charge in [0.1, 0.15) is 5.75 Å². The first-order chi connectivity index (χ1) is 7.95. The summed E-state index contributed by atoms with van der Waals surface area (Å²) in [6.45, 7) is 8.69. The summed E-state index contributed by atoms with van der Waals surface area (Å²) < 4.78 is 0. The van der Waals surface area contributed by atoms with E-state index in [0.717, 1.165) is 23.4 Å². The van der Waals surface area contributed by atoms with Crippen LogP contribution in [0.4, 0.5) is 5.69 Å². The highest BCUT2D eigenvalue weighted by Crippen LogP contribution is 2.28. The van der Waals surface area contributed by atoms with E-state index < -0.39 is 0 Å². The number of phenols is 1. The van der Waals surface area contributed by atoms with Gasteiger partial charge in [-0.25, -0.2) is 0 Å². The fraction of sp³-hybridized carbons (Fsp3) is 0.429. The topological polar surface area (TPSA) is 35.5 Å². The summed E-state index contributed by atoms with van der Waals surface area (Å²) in [7, 11) is 3.87. The Hall–Kier alpha value is -1.48. The zero-order chi connectivity index (χ0) is 13.0. The van der Waals surface area contributed by atoms with E-state index in [1.807, 2.05) is 40.1 Å². The average Bonchev–Trinajstić information content (AvgIpc) is 2.27. The van der Waals surface area contributed by atoms with Crippen molar-refractivity contribution in [1.29, 1.82) is 0 Å². The van der Waals surface area contributed by atoms with E-state index in [1.54, 1.807) is 6.07 Å². The molecule has 1 rings (SSSR count). The molecule has 0 amide bonds. The molecule has 3 heteroatoms. The zero-order valence-electron chi connectivity index (χ0n) is 11.1. The maximum Gasteiger partial charge on any atom is 0.122 e. The highest BCUT2D eigenvalue weighted by molar-refractivity contribution is 5.54. The van der Waals surface area contributed by atoms with E-state index >= 15 is 0 Å². The van der Waals surface area contributed by atoms with Crippen molar-refractivity contribution in [3.8, 4) is 5.75 Å². The van der Waals surface area contributed by atoms with E-state index in [1.165, 1.54) is 0 Å². The van der Waals surface area contributed by atoms with Gasteiger partial charge in [0.2, 0.25) is 0 Å². The molecule has 0 aliphatic carbocycles. The van der Waals surface area contributed by atoms with Gasteiger partial charge in [0, 0.05) is 37.0 Å². The molecule has 0 spiro atoms. The lowest BCUT2D eigenvalue weighted by Crippen LogP contribution is -2.19. The second-order valence-corrected chi connectivity index (χ2v) is 4.57. The molecule has 3 nitrogen and oxygen atoms in total. The van der Waals surface area contributed by atoms with E-state index in [4.69, 9.17) is 0 Å². The lowest BCUT2D eigenvalue weighted by molar-refractivity contribution is 0.458. The molecule has 1 unspecified atom stereocenters. The largest absolute Gasteiger partial charge is 0.508 e. The highest BCUT2D eigenvalue weighted by atomic mass is 16.3. The first-order valence-electron chi connectivity index (χ1n) is 5.81. The summed E-state index contributed by atoms with van der Waals surface area (Å²) in [6, 6.07) is 5.93. The summed E-state index contributed by atoms with van der Waals surface area (Å²) >= 11 is 0. The third kappa shape index (κ3) is 3.49. The number of nitrogens with one attached hydrogen (secondary N) is 1. The van der Waals surface area contributed by atoms with Crippen LogP contribution in [-0.2, 0) is 0 Å². The van der Waals surface area contributed by atoms with Gasteiger partial charge in [0.15, 0.2) is 0 Å². The van der Waals surface area contributed by atoms with Gasteiger partial charge in [-0.2, -0.15) is 0 Å². The van der Waals surface area contributed by atoms with Gasteiger partial charge in [-0.05, 0) is 27.0 Å². The number of benzene rings is 1. The van der Waals surface area contributed by atoms with Crippen molar-refractivity contribution in [2.45, 2.75) is 19.9 Å². The Morgan fingerprint density at radius 1 is 1.53 bits per heavy atom. The monoisotopic (exact) mass is 234 g/mol. The number of aromatic hydroxyl groups is 1. The minimum atomic E-state index is 0.149. The first-order valence-corrected chi connectivity index (χ1v) is 5.81. The predicted octanol–water partition coefficient (Wildman–Crippen LogP) is 2.68. The Kier molecular flexibility index (Phi) is 4.58. The summed E-state index contributed by atoms with van der Waals surface area (Å²) in [5.41, 5.74) is 3.01. The van der Waals surface area contributed by atoms with Crippen molar-refractivity contribution in [3.05, 3.63) is 35.9 Å². The molecule has 1 aromatic carbocycles. The summed E-state index contributed by atoms with van der Waals surface area (Å²) in [6.07, 6.45) is 0. The molecule has 0 saturated heterocycles. The molecule has 0 bridgehead atoms. The van der Waals surface area contributed by atoms with Gasteiger partial charge < -0.3 is 15.3 Å². The SMILES string of the molecule is C=C(C)CN(C)c1ccc(C(C)NC)c(O)c1. The van der Waals surface area contributed by atoms with Crippen LogP contribution in [0.25, 0.3) is 0 Å². The van der Waals surface area contributed by atoms with Crippen molar-refractivity contribution in [3.63, 3.8) is 0 Å². The number of nitrogens with zero attached hydrogens (tertiary/aromatic N) is 1. The Labute approximate surface area is 104 Å². The smallest absolute Gasteiger partial charge is 0.122 e. The fourth-order valence-electron chi connectivity index (χ4n) is 1.79. The van der Waals surface area contributed by atoms with Crippen molar-refractivity contribution in [2.75, 3.05) is 25.5 Å². The number of phenolic OH excluding ortho intramolecular Hbond substituents is 1. The summed E-state index contributed by atoms with van der Waals surface area (Å²) in [5.74, 6) is 0.331. The lowest BCUT2D eigenvalue weighted by atomic mass is 10.1. The quantitative estimate of drug-likeness (QED) is 0.769. The van der Waals surface area contributed by atoms with Crippen LogP contribution in [0.1, 0.15) is 25.5 Å². The van der Waals surface area contributed by atoms with Crippen molar-refractivity contribution in [1.82, 2.24) is 5.32 Å². The average molecular weight is 234 g/mol. The Morgan fingerprint density at radius 2 is 2.18 bits per heavy atom. The molecule has 0 aliphatic rings. The standard InChI is InChI=1S/C14H22N2O/c1-10(2)9-16(5)12-6-7-13(11(3)15-4)14(17)8-12/h6-8,11,15,17H,1,9H2,2-5H3. The number of rotatable bonds is 5. The van der Waals surface area contributed by atoms with E-state index in [9.17, 15) is 5.11 Å². The second-order valence-electron chi connectivity index (χ2n) is 4.57. The van der Waals surface area contributed by atoms with Crippen LogP contribution >= 0.6 is 0 Å². The van der Waals surface area contributed by atoms with Gasteiger partial charge in [-0.1, -0.05) is 18.2 Å². The van der Waals surface area contributed by atoms with Crippen LogP contribution in [0, 0.1) is 0 Å². The van der Waals surface area contributed by atoms with Gasteiger partial charge in [0.05, 0.1) is 0 Å². The molecule has 0 fully saturated rings. The first kappa shape index (κ1) is 13.6. The third-order valence-corrected chi connectivity index (χ3v) is 2.86. The van der Waals surface area contributed by atoms with Crippen LogP contribution in [0.2, 0.25) is 0 Å². The molecule has 2 N–H and O–H groups in total. The molecule has 17 heavy (non-hydrogen) atoms. The van der Waals surface area contributed by atoms with Gasteiger partial charge in [-0.3, -0.25) is 0 Å². The normalized spacial score (nSPS) is 12.2. The Balaban J connectivity index is 2.92. The molecule has 0 heterocycles. The molecule has 0 radical (unpaired) electrons. The lowest BCUT2D eigenvalue weighted by Gasteiger charge is -2.21. The molecular weight excluding hydrogens is 212 g/mol. The Bertz CT molecular complexity index is 401. The number of hydrogen-bond donors (Lipinski definition) is 2. The fourth-order valence-corrected chi connectivity index (χ4v) is 1.79. The van der Waals surface area contributed by atoms with Crippen LogP contribution in [0.3, 0.4) is 0 Å². The summed E-state index contributed by atoms with van der Waals surface area (Å²) in [4.78, 5) is 2.07. The molecule has 94 valence electrons. The molecular formula is C14H22N2O. The Morgan fingerprint density at radius 3 is 2.65 bits per heavy atom. The zero-order valence-corrected chi connectivity index (χ0v) is 11.1. The van der Waals surface area contributed by atoms with E-state index in [2.05, 4.69) is 16.8 Å². The van der Waals surface area contributed by atoms with Gasteiger partial charge in [0.25, 0.3) is 0 Å². The predicted molar refractivity (Wildman–Crippen MR) is 73.7 cm³/mol. The minimum absolute atomic E-state index is 0.149. The molecule has 1 atom stereocenters. The molecule has 0 saturated carbocycles. The molecule has 0 aromatic heterocycles. The van der Waals surface area contributed by atoms with Gasteiger partial charge in [-0.15, -0.1) is 0 Å². The van der Waals surface area contributed by atoms with Crippen molar-refractivity contribution < 1.29 is 5.11 Å². The maximum absolute atomic E-state index is 9.99. The molecule has 0 aliphatic heterocycles. The third-order valence-electron chi connectivity index (χ3n) is 2.86. The number of hydrogen-bond acceptors (Lipinski definition) is 3. The second kappa shape index (κ2) is 5.73. The van der Waals surface area contributed by atoms with Crippen LogP contribution in [-0.4, -0.2) is 25.7 Å². The van der Waals surface area contributed by atoms with Crippen molar-refractivity contribution >= 4 is 5.69 Å². The highest BCUT2D eigenvalue weighted by Gasteiger charge is 2.10. The van der Waals surface area contributed by atoms with Crippen molar-refractivity contribution in [2.24, 2.45) is 0 Å². The summed E-state index contributed by atoms with van der Waals surface area (Å²) in [5, 5.41) is 13.1. The van der Waals surface area contributed by atoms with Gasteiger partial charge >= 0.3 is 0 Å². The van der Waals surface area contributed by atoms with E-state index in [0.29, 0.717) is 5.75 Å². The van der Waals surface area contributed by atoms with E-state index in [-0.39, 0.29) is 6.04 Å². The van der Waals surface area contributed by atoms with Crippen LogP contribution in [0.15, 0.2) is 30.4 Å². The number of anilines is 1. The minimum Gasteiger partial charge on any atom is -0.508 e. The van der Waals surface area contributed by atoms with Crippen LogP contribution < -0.4 is 10.2 Å². The molecule has 1 aromatic rings. The number of likely N-dealkylation sites (N-methyl/N-ethyl adjacent to an activating group) is 1.